The Balaban J connectivity index is 1.92. The number of nitrogens with one attached hydrogen (secondary N) is 1. The molecule has 0 aliphatic carbocycles. The zero-order valence-corrected chi connectivity index (χ0v) is 26.9. The highest BCUT2D eigenvalue weighted by Gasteiger charge is 2.32. The second-order valence-corrected chi connectivity index (χ2v) is 14.1. The van der Waals surface area contributed by atoms with Crippen LogP contribution in [0.5, 0.6) is 0 Å². The van der Waals surface area contributed by atoms with Gasteiger partial charge in [-0.3, -0.25) is 13.9 Å². The van der Waals surface area contributed by atoms with Crippen molar-refractivity contribution >= 4 is 39.1 Å². The molecule has 9 heteroatoms. The highest BCUT2D eigenvalue weighted by atomic mass is 35.5. The molecule has 42 heavy (non-hydrogen) atoms. The number of anilines is 1. The molecule has 2 amide bonds. The van der Waals surface area contributed by atoms with Crippen molar-refractivity contribution in [3.63, 3.8) is 0 Å². The topological polar surface area (TPSA) is 86.8 Å². The number of benzene rings is 3. The lowest BCUT2D eigenvalue weighted by molar-refractivity contribution is -0.142. The van der Waals surface area contributed by atoms with Crippen molar-refractivity contribution in [1.82, 2.24) is 10.2 Å². The first-order chi connectivity index (χ1) is 19.7. The van der Waals surface area contributed by atoms with E-state index in [1.54, 1.807) is 23.1 Å². The Morgan fingerprint density at radius 1 is 0.905 bits per heavy atom. The van der Waals surface area contributed by atoms with Gasteiger partial charge < -0.3 is 10.2 Å². The van der Waals surface area contributed by atoms with Crippen LogP contribution in [0.3, 0.4) is 0 Å². The number of sulfonamides is 1. The highest BCUT2D eigenvalue weighted by Crippen LogP contribution is 2.26. The predicted molar refractivity (Wildman–Crippen MR) is 171 cm³/mol. The molecule has 0 fully saturated rings. The van der Waals surface area contributed by atoms with E-state index in [2.05, 4.69) is 5.32 Å². The summed E-state index contributed by atoms with van der Waals surface area (Å²) in [5.41, 5.74) is 3.74. The van der Waals surface area contributed by atoms with Gasteiger partial charge in [0.05, 0.1) is 11.9 Å². The molecule has 1 atom stereocenters. The third-order valence-corrected chi connectivity index (χ3v) is 8.46. The van der Waals surface area contributed by atoms with Crippen LogP contribution in [0, 0.1) is 13.8 Å². The van der Waals surface area contributed by atoms with Gasteiger partial charge in [0, 0.05) is 36.5 Å². The van der Waals surface area contributed by atoms with E-state index >= 15 is 0 Å². The maximum atomic E-state index is 14.0. The average molecular weight is 612 g/mol. The molecular weight excluding hydrogens is 570 g/mol. The lowest BCUT2D eigenvalue weighted by atomic mass is 10.00. The Bertz CT molecular complexity index is 1470. The molecule has 3 rings (SSSR count). The first-order valence-corrected chi connectivity index (χ1v) is 16.3. The van der Waals surface area contributed by atoms with E-state index in [0.717, 1.165) is 22.3 Å². The summed E-state index contributed by atoms with van der Waals surface area (Å²) in [6, 6.07) is 21.6. The van der Waals surface area contributed by atoms with E-state index in [4.69, 9.17) is 11.6 Å². The van der Waals surface area contributed by atoms with Crippen molar-refractivity contribution in [2.75, 3.05) is 17.1 Å². The van der Waals surface area contributed by atoms with Gasteiger partial charge in [-0.2, -0.15) is 0 Å². The van der Waals surface area contributed by atoms with E-state index in [1.807, 2.05) is 89.2 Å². The second-order valence-electron chi connectivity index (χ2n) is 11.8. The summed E-state index contributed by atoms with van der Waals surface area (Å²) in [4.78, 5) is 29.3. The van der Waals surface area contributed by atoms with Crippen LogP contribution in [-0.2, 0) is 32.6 Å². The van der Waals surface area contributed by atoms with E-state index in [9.17, 15) is 18.0 Å². The lowest BCUT2D eigenvalue weighted by Gasteiger charge is -2.34. The van der Waals surface area contributed by atoms with Crippen molar-refractivity contribution in [2.24, 2.45) is 0 Å². The Hall–Kier alpha value is -3.36. The number of carbonyl (C=O) groups is 2. The van der Waals surface area contributed by atoms with Crippen LogP contribution in [0.4, 0.5) is 5.69 Å². The molecule has 0 aliphatic heterocycles. The molecule has 0 aromatic heterocycles. The number of carbonyl (C=O) groups excluding carboxylic acids is 2. The van der Waals surface area contributed by atoms with Crippen molar-refractivity contribution in [2.45, 2.75) is 72.0 Å². The number of amides is 2. The van der Waals surface area contributed by atoms with Crippen molar-refractivity contribution in [3.05, 3.63) is 100 Å². The van der Waals surface area contributed by atoms with Gasteiger partial charge in [0.15, 0.2) is 0 Å². The zero-order valence-electron chi connectivity index (χ0n) is 25.4. The van der Waals surface area contributed by atoms with E-state index < -0.39 is 21.6 Å². The number of hydrogen-bond acceptors (Lipinski definition) is 4. The van der Waals surface area contributed by atoms with Crippen molar-refractivity contribution < 1.29 is 18.0 Å². The van der Waals surface area contributed by atoms with Crippen LogP contribution in [0.25, 0.3) is 0 Å². The summed E-state index contributed by atoms with van der Waals surface area (Å²) in [5.74, 6) is -0.480. The van der Waals surface area contributed by atoms with Crippen LogP contribution >= 0.6 is 11.6 Å². The van der Waals surface area contributed by atoms with E-state index in [1.165, 1.54) is 10.6 Å². The maximum absolute atomic E-state index is 14.0. The molecule has 226 valence electrons. The minimum atomic E-state index is -3.59. The molecule has 0 radical (unpaired) electrons. The number of nitrogens with zero attached hydrogens (tertiary/aromatic N) is 2. The molecule has 7 nitrogen and oxygen atoms in total. The summed E-state index contributed by atoms with van der Waals surface area (Å²) in [6.07, 6.45) is 1.87. The molecule has 3 aromatic carbocycles. The molecule has 3 aromatic rings. The standard InChI is InChI=1S/C33H42ClN3O4S/c1-24-12-10-15-29(25(24)2)37(42(6,40)41)21-11-16-31(38)36(23-27-17-19-28(34)20-18-27)30(32(39)35-33(3,4)5)22-26-13-8-7-9-14-26/h7-10,12-15,17-20,30H,11,16,21-23H2,1-6H3,(H,35,39)/t30-/m0/s1. The summed E-state index contributed by atoms with van der Waals surface area (Å²) in [5, 5.41) is 3.63. The molecule has 0 aliphatic rings. The van der Waals surface area contributed by atoms with Gasteiger partial charge in [-0.25, -0.2) is 8.42 Å². The Kier molecular flexibility index (Phi) is 11.2. The van der Waals surface area contributed by atoms with Gasteiger partial charge in [-0.1, -0.05) is 66.2 Å². The fourth-order valence-electron chi connectivity index (χ4n) is 4.78. The zero-order chi connectivity index (χ0) is 31.1. The predicted octanol–water partition coefficient (Wildman–Crippen LogP) is 6.06. The van der Waals surface area contributed by atoms with Gasteiger partial charge in [0.25, 0.3) is 0 Å². The first-order valence-electron chi connectivity index (χ1n) is 14.1. The summed E-state index contributed by atoms with van der Waals surface area (Å²) >= 11 is 6.11. The van der Waals surface area contributed by atoms with Gasteiger partial charge in [0.1, 0.15) is 6.04 Å². The third kappa shape index (κ3) is 9.60. The molecule has 0 bridgehead atoms. The minimum absolute atomic E-state index is 0.0680. The van der Waals surface area contributed by atoms with Crippen LogP contribution < -0.4 is 9.62 Å². The van der Waals surface area contributed by atoms with E-state index in [0.29, 0.717) is 17.1 Å². The quantitative estimate of drug-likeness (QED) is 0.270. The van der Waals surface area contributed by atoms with Crippen LogP contribution in [-0.4, -0.2) is 49.5 Å². The Morgan fingerprint density at radius 3 is 2.14 bits per heavy atom. The molecular formula is C33H42ClN3O4S. The fraction of sp³-hybridized carbons (Fsp3) is 0.394. The molecule has 0 saturated carbocycles. The Morgan fingerprint density at radius 2 is 1.55 bits per heavy atom. The SMILES string of the molecule is Cc1cccc(N(CCCC(=O)N(Cc2ccc(Cl)cc2)[C@@H](Cc2ccccc2)C(=O)NC(C)(C)C)S(C)(=O)=O)c1C. The first kappa shape index (κ1) is 33.1. The van der Waals surface area contributed by atoms with Crippen LogP contribution in [0.15, 0.2) is 72.8 Å². The average Bonchev–Trinajstić information content (AvgIpc) is 2.90. The van der Waals surface area contributed by atoms with Gasteiger partial charge in [0.2, 0.25) is 21.8 Å². The van der Waals surface area contributed by atoms with Crippen LogP contribution in [0.2, 0.25) is 5.02 Å². The smallest absolute Gasteiger partial charge is 0.243 e. The van der Waals surface area contributed by atoms with Crippen molar-refractivity contribution in [1.29, 1.82) is 0 Å². The number of aryl methyl sites for hydroxylation is 1. The normalized spacial score (nSPS) is 12.5. The van der Waals surface area contributed by atoms with Gasteiger partial charge in [-0.05, 0) is 81.5 Å². The molecule has 1 N–H and O–H groups in total. The fourth-order valence-corrected chi connectivity index (χ4v) is 5.92. The molecule has 0 unspecified atom stereocenters. The summed E-state index contributed by atoms with van der Waals surface area (Å²) in [6.45, 7) is 9.89. The monoisotopic (exact) mass is 611 g/mol. The largest absolute Gasteiger partial charge is 0.350 e. The highest BCUT2D eigenvalue weighted by molar-refractivity contribution is 7.92. The lowest BCUT2D eigenvalue weighted by Crippen LogP contribution is -2.54. The maximum Gasteiger partial charge on any atom is 0.243 e. The molecule has 0 spiro atoms. The summed E-state index contributed by atoms with van der Waals surface area (Å²) < 4.78 is 26.9. The molecule has 0 heterocycles. The Labute approximate surface area is 255 Å². The number of hydrogen-bond donors (Lipinski definition) is 1. The van der Waals surface area contributed by atoms with Crippen molar-refractivity contribution in [3.8, 4) is 0 Å². The number of halogens is 1. The third-order valence-electron chi connectivity index (χ3n) is 7.03. The second kappa shape index (κ2) is 14.2. The molecule has 0 saturated heterocycles. The van der Waals surface area contributed by atoms with E-state index in [-0.39, 0.29) is 37.7 Å². The van der Waals surface area contributed by atoms with Crippen LogP contribution in [0.1, 0.15) is 55.9 Å². The minimum Gasteiger partial charge on any atom is -0.350 e. The van der Waals surface area contributed by atoms with Gasteiger partial charge in [-0.15, -0.1) is 0 Å². The number of rotatable bonds is 12. The van der Waals surface area contributed by atoms with Gasteiger partial charge >= 0.3 is 0 Å². The summed E-state index contributed by atoms with van der Waals surface area (Å²) in [7, 11) is -3.59.